The Hall–Kier alpha value is -1.06. The molecule has 0 aromatic heterocycles. The standard InChI is InChI=1S/C12H17NO2/c1-15-12-4-2-9(3-5-12)8-13-10-6-11(14)7-10/h2-5,10-11,13-14H,6-8H2,1H3. The Morgan fingerprint density at radius 3 is 2.53 bits per heavy atom. The number of methoxy groups -OCH3 is 1. The molecule has 0 radical (unpaired) electrons. The molecule has 82 valence electrons. The normalized spacial score (nSPS) is 24.7. The van der Waals surface area contributed by atoms with Crippen LogP contribution in [0.4, 0.5) is 0 Å². The molecule has 2 rings (SSSR count). The lowest BCUT2D eigenvalue weighted by atomic mass is 9.89. The van der Waals surface area contributed by atoms with Crippen LogP contribution in [-0.2, 0) is 6.54 Å². The van der Waals surface area contributed by atoms with Crippen LogP contribution in [0.15, 0.2) is 24.3 Å². The Morgan fingerprint density at radius 2 is 2.00 bits per heavy atom. The molecule has 0 saturated heterocycles. The summed E-state index contributed by atoms with van der Waals surface area (Å²) in [7, 11) is 1.67. The van der Waals surface area contributed by atoms with Crippen molar-refractivity contribution in [2.45, 2.75) is 31.5 Å². The molecule has 1 fully saturated rings. The minimum atomic E-state index is -0.0848. The number of hydrogen-bond donors (Lipinski definition) is 2. The maximum Gasteiger partial charge on any atom is 0.118 e. The molecule has 0 atom stereocenters. The first-order valence-electron chi connectivity index (χ1n) is 5.32. The van der Waals surface area contributed by atoms with Crippen molar-refractivity contribution in [3.05, 3.63) is 29.8 Å². The molecule has 1 saturated carbocycles. The molecular formula is C12H17NO2. The first-order valence-corrected chi connectivity index (χ1v) is 5.32. The summed E-state index contributed by atoms with van der Waals surface area (Å²) in [4.78, 5) is 0. The van der Waals surface area contributed by atoms with Gasteiger partial charge in [0, 0.05) is 12.6 Å². The van der Waals surface area contributed by atoms with Crippen LogP contribution in [0.1, 0.15) is 18.4 Å². The summed E-state index contributed by atoms with van der Waals surface area (Å²) in [6.07, 6.45) is 1.69. The summed E-state index contributed by atoms with van der Waals surface area (Å²) in [5.74, 6) is 0.887. The van der Waals surface area contributed by atoms with Crippen LogP contribution in [0.5, 0.6) is 5.75 Å². The third-order valence-electron chi connectivity index (χ3n) is 2.87. The van der Waals surface area contributed by atoms with Gasteiger partial charge < -0.3 is 15.2 Å². The van der Waals surface area contributed by atoms with Gasteiger partial charge in [0.2, 0.25) is 0 Å². The fourth-order valence-corrected chi connectivity index (χ4v) is 1.76. The Bertz CT molecular complexity index is 304. The molecule has 0 heterocycles. The summed E-state index contributed by atoms with van der Waals surface area (Å²) in [5, 5.41) is 12.5. The van der Waals surface area contributed by atoms with Gasteiger partial charge in [-0.25, -0.2) is 0 Å². The summed E-state index contributed by atoms with van der Waals surface area (Å²) in [6.45, 7) is 0.862. The minimum Gasteiger partial charge on any atom is -0.497 e. The number of benzene rings is 1. The first-order chi connectivity index (χ1) is 7.28. The van der Waals surface area contributed by atoms with E-state index in [2.05, 4.69) is 17.4 Å². The molecule has 3 nitrogen and oxygen atoms in total. The summed E-state index contributed by atoms with van der Waals surface area (Å²) >= 11 is 0. The number of aliphatic hydroxyl groups is 1. The Labute approximate surface area is 90.1 Å². The third kappa shape index (κ3) is 2.70. The average Bonchev–Trinajstić information content (AvgIpc) is 2.23. The van der Waals surface area contributed by atoms with Crippen molar-refractivity contribution in [1.29, 1.82) is 0 Å². The fourth-order valence-electron chi connectivity index (χ4n) is 1.76. The highest BCUT2D eigenvalue weighted by Gasteiger charge is 2.26. The van der Waals surface area contributed by atoms with Gasteiger partial charge in [0.25, 0.3) is 0 Å². The van der Waals surface area contributed by atoms with Crippen molar-refractivity contribution in [1.82, 2.24) is 5.32 Å². The number of ether oxygens (including phenoxy) is 1. The van der Waals surface area contributed by atoms with Gasteiger partial charge in [-0.05, 0) is 30.5 Å². The van der Waals surface area contributed by atoms with E-state index >= 15 is 0 Å². The van der Waals surface area contributed by atoms with Crippen molar-refractivity contribution < 1.29 is 9.84 Å². The predicted octanol–water partition coefficient (Wildman–Crippen LogP) is 1.31. The number of hydrogen-bond acceptors (Lipinski definition) is 3. The third-order valence-corrected chi connectivity index (χ3v) is 2.87. The molecule has 0 amide bonds. The molecule has 2 N–H and O–H groups in total. The lowest BCUT2D eigenvalue weighted by Gasteiger charge is -2.32. The zero-order valence-electron chi connectivity index (χ0n) is 8.94. The molecule has 3 heteroatoms. The Balaban J connectivity index is 1.78. The van der Waals surface area contributed by atoms with E-state index in [1.807, 2.05) is 12.1 Å². The van der Waals surface area contributed by atoms with Crippen LogP contribution in [0.25, 0.3) is 0 Å². The van der Waals surface area contributed by atoms with Gasteiger partial charge in [-0.1, -0.05) is 12.1 Å². The van der Waals surface area contributed by atoms with Gasteiger partial charge in [-0.3, -0.25) is 0 Å². The maximum atomic E-state index is 9.13. The van der Waals surface area contributed by atoms with E-state index in [0.717, 1.165) is 25.1 Å². The lowest BCUT2D eigenvalue weighted by molar-refractivity contribution is 0.0619. The molecule has 0 bridgehead atoms. The number of nitrogens with one attached hydrogen (secondary N) is 1. The largest absolute Gasteiger partial charge is 0.497 e. The Morgan fingerprint density at radius 1 is 1.33 bits per heavy atom. The monoisotopic (exact) mass is 207 g/mol. The minimum absolute atomic E-state index is 0.0848. The van der Waals surface area contributed by atoms with E-state index in [4.69, 9.17) is 9.84 Å². The van der Waals surface area contributed by atoms with Crippen molar-refractivity contribution in [3.8, 4) is 5.75 Å². The summed E-state index contributed by atoms with van der Waals surface area (Å²) < 4.78 is 5.09. The van der Waals surface area contributed by atoms with E-state index in [1.54, 1.807) is 7.11 Å². The van der Waals surface area contributed by atoms with Crippen molar-refractivity contribution >= 4 is 0 Å². The van der Waals surface area contributed by atoms with E-state index < -0.39 is 0 Å². The molecule has 1 aromatic carbocycles. The molecular weight excluding hydrogens is 190 g/mol. The van der Waals surface area contributed by atoms with Crippen LogP contribution < -0.4 is 10.1 Å². The molecule has 1 aliphatic rings. The van der Waals surface area contributed by atoms with Gasteiger partial charge in [0.05, 0.1) is 13.2 Å². The van der Waals surface area contributed by atoms with Crippen LogP contribution in [0.3, 0.4) is 0 Å². The number of rotatable bonds is 4. The zero-order chi connectivity index (χ0) is 10.7. The van der Waals surface area contributed by atoms with Gasteiger partial charge >= 0.3 is 0 Å². The fraction of sp³-hybridized carbons (Fsp3) is 0.500. The van der Waals surface area contributed by atoms with E-state index in [-0.39, 0.29) is 6.10 Å². The second kappa shape index (κ2) is 4.64. The lowest BCUT2D eigenvalue weighted by Crippen LogP contribution is -2.43. The van der Waals surface area contributed by atoms with E-state index in [1.165, 1.54) is 5.56 Å². The summed E-state index contributed by atoms with van der Waals surface area (Å²) in [6, 6.07) is 8.53. The molecule has 0 aliphatic heterocycles. The smallest absolute Gasteiger partial charge is 0.118 e. The SMILES string of the molecule is COc1ccc(CNC2CC(O)C2)cc1. The quantitative estimate of drug-likeness (QED) is 0.782. The van der Waals surface area contributed by atoms with Crippen LogP contribution in [0, 0.1) is 0 Å². The highest BCUT2D eigenvalue weighted by atomic mass is 16.5. The summed E-state index contributed by atoms with van der Waals surface area (Å²) in [5.41, 5.74) is 1.25. The van der Waals surface area contributed by atoms with Crippen LogP contribution >= 0.6 is 0 Å². The van der Waals surface area contributed by atoms with Gasteiger partial charge in [0.15, 0.2) is 0 Å². The van der Waals surface area contributed by atoms with Crippen molar-refractivity contribution in [3.63, 3.8) is 0 Å². The van der Waals surface area contributed by atoms with E-state index in [9.17, 15) is 0 Å². The second-order valence-corrected chi connectivity index (χ2v) is 4.05. The maximum absolute atomic E-state index is 9.13. The molecule has 15 heavy (non-hydrogen) atoms. The van der Waals surface area contributed by atoms with Gasteiger partial charge in [-0.15, -0.1) is 0 Å². The predicted molar refractivity (Wildman–Crippen MR) is 58.9 cm³/mol. The average molecular weight is 207 g/mol. The van der Waals surface area contributed by atoms with Gasteiger partial charge in [0.1, 0.15) is 5.75 Å². The molecule has 1 aromatic rings. The van der Waals surface area contributed by atoms with Crippen molar-refractivity contribution in [2.75, 3.05) is 7.11 Å². The van der Waals surface area contributed by atoms with Crippen LogP contribution in [0.2, 0.25) is 0 Å². The highest BCUT2D eigenvalue weighted by Crippen LogP contribution is 2.20. The van der Waals surface area contributed by atoms with E-state index in [0.29, 0.717) is 6.04 Å². The topological polar surface area (TPSA) is 41.5 Å². The van der Waals surface area contributed by atoms with Crippen LogP contribution in [-0.4, -0.2) is 24.4 Å². The second-order valence-electron chi connectivity index (χ2n) is 4.05. The molecule has 0 unspecified atom stereocenters. The molecule has 1 aliphatic carbocycles. The first kappa shape index (κ1) is 10.5. The highest BCUT2D eigenvalue weighted by molar-refractivity contribution is 5.27. The zero-order valence-corrected chi connectivity index (χ0v) is 8.94. The molecule has 0 spiro atoms. The van der Waals surface area contributed by atoms with Crippen molar-refractivity contribution in [2.24, 2.45) is 0 Å². The van der Waals surface area contributed by atoms with Gasteiger partial charge in [-0.2, -0.15) is 0 Å². The number of aliphatic hydroxyl groups excluding tert-OH is 1. The Kier molecular flexibility index (Phi) is 3.23.